The summed E-state index contributed by atoms with van der Waals surface area (Å²) in [6, 6.07) is 20.6. The molecule has 4 heteroatoms. The van der Waals surface area contributed by atoms with Gasteiger partial charge in [0, 0.05) is 38.1 Å². The van der Waals surface area contributed by atoms with Crippen LogP contribution in [0.5, 0.6) is 5.75 Å². The molecule has 0 amide bonds. The van der Waals surface area contributed by atoms with Crippen molar-refractivity contribution < 1.29 is 4.74 Å². The van der Waals surface area contributed by atoms with Crippen LogP contribution in [-0.4, -0.2) is 36.1 Å². The molecule has 0 spiro atoms. The fraction of sp³-hybridized carbons (Fsp3) is 0.286. The van der Waals surface area contributed by atoms with Gasteiger partial charge < -0.3 is 10.1 Å². The molecule has 0 aliphatic carbocycles. The first-order valence-electron chi connectivity index (χ1n) is 8.87. The van der Waals surface area contributed by atoms with Gasteiger partial charge in [0.15, 0.2) is 0 Å². The van der Waals surface area contributed by atoms with Crippen LogP contribution >= 0.6 is 0 Å². The minimum absolute atomic E-state index is 0.559. The summed E-state index contributed by atoms with van der Waals surface area (Å²) in [7, 11) is 0. The third-order valence-corrected chi connectivity index (χ3v) is 4.57. The van der Waals surface area contributed by atoms with Crippen molar-refractivity contribution >= 4 is 10.9 Å². The third kappa shape index (κ3) is 3.98. The minimum atomic E-state index is 0.559. The Labute approximate surface area is 148 Å². The molecule has 4 nitrogen and oxygen atoms in total. The molecule has 3 aromatic rings. The summed E-state index contributed by atoms with van der Waals surface area (Å²) in [6.07, 6.45) is 0. The molecule has 128 valence electrons. The SMILES string of the molecule is c1ccc(COc2cccc3ccc(CN4CCNCC4)nc23)cc1. The Bertz CT molecular complexity index is 829. The number of hydrogen-bond acceptors (Lipinski definition) is 4. The van der Waals surface area contributed by atoms with Gasteiger partial charge in [-0.15, -0.1) is 0 Å². The molecule has 2 aromatic carbocycles. The Kier molecular flexibility index (Phi) is 4.91. The number of nitrogens with zero attached hydrogens (tertiary/aromatic N) is 2. The lowest BCUT2D eigenvalue weighted by Crippen LogP contribution is -2.43. The summed E-state index contributed by atoms with van der Waals surface area (Å²) in [5.74, 6) is 0.850. The van der Waals surface area contributed by atoms with Gasteiger partial charge in [-0.2, -0.15) is 0 Å². The maximum atomic E-state index is 6.06. The summed E-state index contributed by atoms with van der Waals surface area (Å²) in [4.78, 5) is 7.34. The molecule has 0 radical (unpaired) electrons. The lowest BCUT2D eigenvalue weighted by atomic mass is 10.1. The normalized spacial score (nSPS) is 15.4. The number of fused-ring (bicyclic) bond motifs is 1. The number of benzene rings is 2. The van der Waals surface area contributed by atoms with Gasteiger partial charge in [0.05, 0.1) is 5.69 Å². The molecule has 0 unspecified atom stereocenters. The van der Waals surface area contributed by atoms with Gasteiger partial charge >= 0.3 is 0 Å². The van der Waals surface area contributed by atoms with E-state index in [-0.39, 0.29) is 0 Å². The van der Waals surface area contributed by atoms with Crippen LogP contribution in [-0.2, 0) is 13.2 Å². The van der Waals surface area contributed by atoms with Gasteiger partial charge in [-0.3, -0.25) is 4.90 Å². The topological polar surface area (TPSA) is 37.4 Å². The van der Waals surface area contributed by atoms with Crippen LogP contribution in [0.3, 0.4) is 0 Å². The molecule has 1 aliphatic heterocycles. The van der Waals surface area contributed by atoms with Gasteiger partial charge in [0.2, 0.25) is 0 Å². The average molecular weight is 333 g/mol. The molecule has 0 saturated carbocycles. The van der Waals surface area contributed by atoms with Crippen molar-refractivity contribution in [3.8, 4) is 5.75 Å². The Morgan fingerprint density at radius 2 is 1.76 bits per heavy atom. The van der Waals surface area contributed by atoms with Crippen LogP contribution < -0.4 is 10.1 Å². The van der Waals surface area contributed by atoms with Crippen molar-refractivity contribution in [3.05, 3.63) is 71.9 Å². The van der Waals surface area contributed by atoms with E-state index in [1.807, 2.05) is 30.3 Å². The van der Waals surface area contributed by atoms with E-state index in [4.69, 9.17) is 9.72 Å². The summed E-state index contributed by atoms with van der Waals surface area (Å²) in [5, 5.41) is 4.51. The fourth-order valence-corrected chi connectivity index (χ4v) is 3.20. The van der Waals surface area contributed by atoms with E-state index in [0.29, 0.717) is 6.61 Å². The Hall–Kier alpha value is -2.43. The average Bonchev–Trinajstić information content (AvgIpc) is 2.68. The molecule has 2 heterocycles. The molecule has 1 saturated heterocycles. The summed E-state index contributed by atoms with van der Waals surface area (Å²) >= 11 is 0. The number of aromatic nitrogens is 1. The van der Waals surface area contributed by atoms with E-state index in [9.17, 15) is 0 Å². The van der Waals surface area contributed by atoms with Crippen molar-refractivity contribution in [2.75, 3.05) is 26.2 Å². The second-order valence-corrected chi connectivity index (χ2v) is 6.43. The third-order valence-electron chi connectivity index (χ3n) is 4.57. The summed E-state index contributed by atoms with van der Waals surface area (Å²) in [6.45, 7) is 5.71. The van der Waals surface area contributed by atoms with E-state index >= 15 is 0 Å². The van der Waals surface area contributed by atoms with Crippen LogP contribution in [0.4, 0.5) is 0 Å². The van der Waals surface area contributed by atoms with Crippen LogP contribution in [0.15, 0.2) is 60.7 Å². The van der Waals surface area contributed by atoms with Gasteiger partial charge in [-0.25, -0.2) is 4.98 Å². The Balaban J connectivity index is 1.55. The fourth-order valence-electron chi connectivity index (χ4n) is 3.20. The lowest BCUT2D eigenvalue weighted by Gasteiger charge is -2.26. The zero-order valence-corrected chi connectivity index (χ0v) is 14.3. The van der Waals surface area contributed by atoms with Crippen molar-refractivity contribution in [2.45, 2.75) is 13.2 Å². The number of piperazine rings is 1. The van der Waals surface area contributed by atoms with Gasteiger partial charge in [0.25, 0.3) is 0 Å². The number of pyridine rings is 1. The minimum Gasteiger partial charge on any atom is -0.487 e. The summed E-state index contributed by atoms with van der Waals surface area (Å²) in [5.41, 5.74) is 3.22. The zero-order valence-electron chi connectivity index (χ0n) is 14.3. The van der Waals surface area contributed by atoms with Crippen molar-refractivity contribution in [2.24, 2.45) is 0 Å². The first-order valence-corrected chi connectivity index (χ1v) is 8.87. The highest BCUT2D eigenvalue weighted by Crippen LogP contribution is 2.25. The maximum Gasteiger partial charge on any atom is 0.146 e. The molecule has 0 bridgehead atoms. The molecule has 4 rings (SSSR count). The standard InChI is InChI=1S/C21H23N3O/c1-2-5-17(6-3-1)16-25-20-8-4-7-18-9-10-19(23-21(18)20)15-24-13-11-22-12-14-24/h1-10,22H,11-16H2. The predicted octanol–water partition coefficient (Wildman–Crippen LogP) is 3.22. The number of hydrogen-bond donors (Lipinski definition) is 1. The van der Waals surface area contributed by atoms with Gasteiger partial charge in [0.1, 0.15) is 17.9 Å². The zero-order chi connectivity index (χ0) is 16.9. The number of para-hydroxylation sites is 1. The molecule has 1 fully saturated rings. The molecule has 1 aromatic heterocycles. The van der Waals surface area contributed by atoms with Crippen molar-refractivity contribution in [3.63, 3.8) is 0 Å². The van der Waals surface area contributed by atoms with Gasteiger partial charge in [-0.1, -0.05) is 48.5 Å². The van der Waals surface area contributed by atoms with Crippen LogP contribution in [0.2, 0.25) is 0 Å². The molecular weight excluding hydrogens is 310 g/mol. The number of rotatable bonds is 5. The predicted molar refractivity (Wildman–Crippen MR) is 101 cm³/mol. The largest absolute Gasteiger partial charge is 0.487 e. The highest BCUT2D eigenvalue weighted by molar-refractivity contribution is 5.84. The molecule has 1 N–H and O–H groups in total. The van der Waals surface area contributed by atoms with E-state index in [1.54, 1.807) is 0 Å². The molecule has 25 heavy (non-hydrogen) atoms. The van der Waals surface area contributed by atoms with Crippen LogP contribution in [0.1, 0.15) is 11.3 Å². The highest BCUT2D eigenvalue weighted by Gasteiger charge is 2.12. The molecule has 0 atom stereocenters. The second kappa shape index (κ2) is 7.64. The Morgan fingerprint density at radius 1 is 0.920 bits per heavy atom. The maximum absolute atomic E-state index is 6.06. The number of nitrogens with one attached hydrogen (secondary N) is 1. The first-order chi connectivity index (χ1) is 12.4. The molecule has 1 aliphatic rings. The number of ether oxygens (including phenoxy) is 1. The van der Waals surface area contributed by atoms with E-state index in [2.05, 4.69) is 40.5 Å². The van der Waals surface area contributed by atoms with Gasteiger partial charge in [-0.05, 0) is 17.7 Å². The molecular formula is C21H23N3O. The smallest absolute Gasteiger partial charge is 0.146 e. The van der Waals surface area contributed by atoms with Crippen molar-refractivity contribution in [1.82, 2.24) is 15.2 Å². The van der Waals surface area contributed by atoms with E-state index in [1.165, 1.54) is 0 Å². The van der Waals surface area contributed by atoms with E-state index < -0.39 is 0 Å². The van der Waals surface area contributed by atoms with Crippen LogP contribution in [0.25, 0.3) is 10.9 Å². The summed E-state index contributed by atoms with van der Waals surface area (Å²) < 4.78 is 6.06. The highest BCUT2D eigenvalue weighted by atomic mass is 16.5. The monoisotopic (exact) mass is 333 g/mol. The van der Waals surface area contributed by atoms with E-state index in [0.717, 1.165) is 60.6 Å². The first kappa shape index (κ1) is 16.1. The van der Waals surface area contributed by atoms with Crippen molar-refractivity contribution in [1.29, 1.82) is 0 Å². The van der Waals surface area contributed by atoms with Crippen LogP contribution in [0, 0.1) is 0 Å². The second-order valence-electron chi connectivity index (χ2n) is 6.43. The lowest BCUT2D eigenvalue weighted by molar-refractivity contribution is 0.231. The quantitative estimate of drug-likeness (QED) is 0.778. The Morgan fingerprint density at radius 3 is 2.60 bits per heavy atom.